The van der Waals surface area contributed by atoms with Gasteiger partial charge in [0.2, 0.25) is 10.0 Å². The summed E-state index contributed by atoms with van der Waals surface area (Å²) < 4.78 is 30.7. The van der Waals surface area contributed by atoms with Crippen LogP contribution in [0, 0.1) is 0 Å². The van der Waals surface area contributed by atoms with E-state index in [-0.39, 0.29) is 16.2 Å². The summed E-state index contributed by atoms with van der Waals surface area (Å²) in [6, 6.07) is 14.8. The number of hydrogen-bond acceptors (Lipinski definition) is 6. The Morgan fingerprint density at radius 1 is 1.10 bits per heavy atom. The first kappa shape index (κ1) is 22.3. The van der Waals surface area contributed by atoms with Gasteiger partial charge in [-0.1, -0.05) is 31.5 Å². The van der Waals surface area contributed by atoms with Crippen LogP contribution >= 0.6 is 0 Å². The number of primary sulfonamides is 1. The molecule has 9 heteroatoms. The standard InChI is InChI=1S/C22H24N4O4S/c1-2-3-11-25-19-14-16(22(27)26-17-9-12-24-13-10-17)15-20(31(23,28)29)21(19)30-18-7-5-4-6-8-18/h4-10,12-15,25H,2-3,11H2,1H3,(H2,23,28,29)(H,24,26,27). The van der Waals surface area contributed by atoms with Crippen molar-refractivity contribution in [1.29, 1.82) is 0 Å². The number of sulfonamides is 1. The first-order valence-electron chi connectivity index (χ1n) is 9.77. The van der Waals surface area contributed by atoms with E-state index in [0.29, 0.717) is 23.7 Å². The van der Waals surface area contributed by atoms with E-state index in [2.05, 4.69) is 15.6 Å². The average molecular weight is 441 g/mol. The molecule has 0 spiro atoms. The van der Waals surface area contributed by atoms with Gasteiger partial charge in [0.25, 0.3) is 5.91 Å². The van der Waals surface area contributed by atoms with Gasteiger partial charge < -0.3 is 15.4 Å². The summed E-state index contributed by atoms with van der Waals surface area (Å²) in [5.41, 5.74) is 1.02. The van der Waals surface area contributed by atoms with E-state index in [9.17, 15) is 13.2 Å². The Bertz CT molecular complexity index is 1140. The van der Waals surface area contributed by atoms with Crippen molar-refractivity contribution < 1.29 is 17.9 Å². The van der Waals surface area contributed by atoms with Crippen molar-refractivity contribution in [2.75, 3.05) is 17.2 Å². The number of carbonyl (C=O) groups excluding carboxylic acids is 1. The highest BCUT2D eigenvalue weighted by Gasteiger charge is 2.23. The molecule has 0 atom stereocenters. The maximum Gasteiger partial charge on any atom is 0.255 e. The lowest BCUT2D eigenvalue weighted by Crippen LogP contribution is -2.18. The molecule has 4 N–H and O–H groups in total. The Labute approximate surface area is 181 Å². The van der Waals surface area contributed by atoms with E-state index >= 15 is 0 Å². The SMILES string of the molecule is CCCCNc1cc(C(=O)Nc2ccncc2)cc(S(N)(=O)=O)c1Oc1ccccc1. The van der Waals surface area contributed by atoms with Gasteiger partial charge in [-0.25, -0.2) is 13.6 Å². The van der Waals surface area contributed by atoms with E-state index in [1.54, 1.807) is 54.9 Å². The number of pyridine rings is 1. The molecule has 1 heterocycles. The summed E-state index contributed by atoms with van der Waals surface area (Å²) in [5, 5.41) is 11.4. The van der Waals surface area contributed by atoms with E-state index in [0.717, 1.165) is 12.8 Å². The highest BCUT2D eigenvalue weighted by molar-refractivity contribution is 7.89. The summed E-state index contributed by atoms with van der Waals surface area (Å²) in [5.74, 6) is 0.00564. The molecular weight excluding hydrogens is 416 g/mol. The van der Waals surface area contributed by atoms with E-state index < -0.39 is 15.9 Å². The number of hydrogen-bond donors (Lipinski definition) is 3. The van der Waals surface area contributed by atoms with Gasteiger partial charge in [0, 0.05) is 30.2 Å². The second-order valence-corrected chi connectivity index (χ2v) is 8.31. The predicted molar refractivity (Wildman–Crippen MR) is 120 cm³/mol. The molecule has 2 aromatic carbocycles. The topological polar surface area (TPSA) is 123 Å². The number of nitrogens with zero attached hydrogens (tertiary/aromatic N) is 1. The van der Waals surface area contributed by atoms with E-state index in [4.69, 9.17) is 9.88 Å². The Morgan fingerprint density at radius 3 is 2.45 bits per heavy atom. The highest BCUT2D eigenvalue weighted by Crippen LogP contribution is 2.37. The summed E-state index contributed by atoms with van der Waals surface area (Å²) in [6.07, 6.45) is 4.87. The number of para-hydroxylation sites is 1. The zero-order chi connectivity index (χ0) is 22.3. The zero-order valence-electron chi connectivity index (χ0n) is 17.0. The quantitative estimate of drug-likeness (QED) is 0.432. The highest BCUT2D eigenvalue weighted by atomic mass is 32.2. The number of nitrogens with one attached hydrogen (secondary N) is 2. The number of carbonyl (C=O) groups is 1. The number of anilines is 2. The molecule has 0 saturated carbocycles. The third kappa shape index (κ3) is 6.03. The zero-order valence-corrected chi connectivity index (χ0v) is 17.9. The van der Waals surface area contributed by atoms with Crippen LogP contribution < -0.4 is 20.5 Å². The van der Waals surface area contributed by atoms with Crippen LogP contribution in [0.2, 0.25) is 0 Å². The third-order valence-electron chi connectivity index (χ3n) is 4.37. The lowest BCUT2D eigenvalue weighted by Gasteiger charge is -2.18. The van der Waals surface area contributed by atoms with Crippen LogP contribution in [0.25, 0.3) is 0 Å². The van der Waals surface area contributed by atoms with Gasteiger partial charge in [-0.2, -0.15) is 0 Å². The van der Waals surface area contributed by atoms with Crippen LogP contribution in [0.5, 0.6) is 11.5 Å². The van der Waals surface area contributed by atoms with Crippen molar-refractivity contribution in [3.05, 3.63) is 72.6 Å². The molecule has 3 rings (SSSR count). The van der Waals surface area contributed by atoms with Crippen LogP contribution in [-0.4, -0.2) is 25.9 Å². The number of ether oxygens (including phenoxy) is 1. The lowest BCUT2D eigenvalue weighted by atomic mass is 10.1. The molecule has 0 bridgehead atoms. The molecule has 0 radical (unpaired) electrons. The Kier molecular flexibility index (Phi) is 7.22. The van der Waals surface area contributed by atoms with E-state index in [1.807, 2.05) is 13.0 Å². The van der Waals surface area contributed by atoms with Gasteiger partial charge in [0.05, 0.1) is 5.69 Å². The molecule has 0 saturated heterocycles. The molecular formula is C22H24N4O4S. The molecule has 0 aliphatic carbocycles. The van der Waals surface area contributed by atoms with Crippen molar-refractivity contribution >= 4 is 27.3 Å². The van der Waals surface area contributed by atoms with Crippen LogP contribution in [0.1, 0.15) is 30.1 Å². The molecule has 8 nitrogen and oxygen atoms in total. The third-order valence-corrected chi connectivity index (χ3v) is 5.29. The maximum atomic E-state index is 12.8. The largest absolute Gasteiger partial charge is 0.454 e. The van der Waals surface area contributed by atoms with Gasteiger partial charge in [-0.3, -0.25) is 9.78 Å². The van der Waals surface area contributed by atoms with Crippen LogP contribution in [0.15, 0.2) is 71.9 Å². The molecule has 31 heavy (non-hydrogen) atoms. The van der Waals surface area contributed by atoms with Crippen molar-refractivity contribution in [3.8, 4) is 11.5 Å². The van der Waals surface area contributed by atoms with Crippen molar-refractivity contribution in [2.24, 2.45) is 5.14 Å². The van der Waals surface area contributed by atoms with Gasteiger partial charge in [0.15, 0.2) is 5.75 Å². The number of amides is 1. The fourth-order valence-electron chi connectivity index (χ4n) is 2.83. The van der Waals surface area contributed by atoms with Crippen molar-refractivity contribution in [3.63, 3.8) is 0 Å². The van der Waals surface area contributed by atoms with E-state index in [1.165, 1.54) is 6.07 Å². The number of unbranched alkanes of at least 4 members (excludes halogenated alkanes) is 1. The predicted octanol–water partition coefficient (Wildman–Crippen LogP) is 3.99. The molecule has 1 aromatic heterocycles. The summed E-state index contributed by atoms with van der Waals surface area (Å²) >= 11 is 0. The Hall–Kier alpha value is -3.43. The maximum absolute atomic E-state index is 12.8. The fraction of sp³-hybridized carbons (Fsp3) is 0.182. The first-order valence-corrected chi connectivity index (χ1v) is 11.3. The number of rotatable bonds is 9. The lowest BCUT2D eigenvalue weighted by molar-refractivity contribution is 0.102. The van der Waals surface area contributed by atoms with Gasteiger partial charge in [0.1, 0.15) is 10.6 Å². The number of benzene rings is 2. The Morgan fingerprint density at radius 2 is 1.81 bits per heavy atom. The Balaban J connectivity index is 2.06. The average Bonchev–Trinajstić information content (AvgIpc) is 2.75. The van der Waals surface area contributed by atoms with Crippen LogP contribution in [0.3, 0.4) is 0 Å². The fourth-order valence-corrected chi connectivity index (χ4v) is 3.53. The van der Waals surface area contributed by atoms with Crippen LogP contribution in [-0.2, 0) is 10.0 Å². The molecule has 0 aliphatic rings. The molecule has 3 aromatic rings. The summed E-state index contributed by atoms with van der Waals surface area (Å²) in [7, 11) is -4.19. The second-order valence-electron chi connectivity index (χ2n) is 6.78. The monoisotopic (exact) mass is 440 g/mol. The smallest absolute Gasteiger partial charge is 0.255 e. The van der Waals surface area contributed by atoms with Crippen LogP contribution in [0.4, 0.5) is 11.4 Å². The summed E-state index contributed by atoms with van der Waals surface area (Å²) in [6.45, 7) is 2.61. The molecule has 162 valence electrons. The minimum absolute atomic E-state index is 0.0465. The summed E-state index contributed by atoms with van der Waals surface area (Å²) in [4.78, 5) is 16.4. The van der Waals surface area contributed by atoms with Gasteiger partial charge in [-0.05, 0) is 42.8 Å². The van der Waals surface area contributed by atoms with Crippen molar-refractivity contribution in [1.82, 2.24) is 4.98 Å². The minimum atomic E-state index is -4.19. The minimum Gasteiger partial charge on any atom is -0.454 e. The van der Waals surface area contributed by atoms with Gasteiger partial charge in [-0.15, -0.1) is 0 Å². The first-order chi connectivity index (χ1) is 14.9. The van der Waals surface area contributed by atoms with Gasteiger partial charge >= 0.3 is 0 Å². The number of aromatic nitrogens is 1. The molecule has 0 unspecified atom stereocenters. The van der Waals surface area contributed by atoms with Crippen molar-refractivity contribution in [2.45, 2.75) is 24.7 Å². The normalized spacial score (nSPS) is 11.0. The molecule has 0 fully saturated rings. The molecule has 1 amide bonds. The number of nitrogens with two attached hydrogens (primary N) is 1. The second kappa shape index (κ2) is 10.1. The molecule has 0 aliphatic heterocycles.